The Balaban J connectivity index is 1.74. The van der Waals surface area contributed by atoms with Crippen LogP contribution in [0.1, 0.15) is 38.7 Å². The number of nitrogens with zero attached hydrogens (tertiary/aromatic N) is 6. The predicted molar refractivity (Wildman–Crippen MR) is 105 cm³/mol. The van der Waals surface area contributed by atoms with E-state index in [1.54, 1.807) is 65.3 Å². The second-order valence-corrected chi connectivity index (χ2v) is 6.58. The molecular weight excluding hydrogens is 368 g/mol. The quantitative estimate of drug-likeness (QED) is 0.373. The Morgan fingerprint density at radius 2 is 1.66 bits per heavy atom. The highest BCUT2D eigenvalue weighted by Gasteiger charge is 2.21. The number of aryl methyl sites for hydroxylation is 1. The summed E-state index contributed by atoms with van der Waals surface area (Å²) in [5.41, 5.74) is 3.28. The fourth-order valence-corrected chi connectivity index (χ4v) is 3.08. The summed E-state index contributed by atoms with van der Waals surface area (Å²) < 4.78 is 3.35. The third kappa shape index (κ3) is 3.73. The van der Waals surface area contributed by atoms with Crippen LogP contribution >= 0.6 is 0 Å². The molecule has 0 aliphatic rings. The summed E-state index contributed by atoms with van der Waals surface area (Å²) in [7, 11) is 0. The molecule has 8 nitrogen and oxygen atoms in total. The van der Waals surface area contributed by atoms with E-state index in [4.69, 9.17) is 0 Å². The fourth-order valence-electron chi connectivity index (χ4n) is 3.08. The zero-order valence-electron chi connectivity index (χ0n) is 16.0. The number of hydrogen-bond acceptors (Lipinski definition) is 6. The smallest absolute Gasteiger partial charge is 0.207 e. The number of Topliss-reactive ketones (excluding diaryl/α,β-unsaturated/α-hetero) is 2. The van der Waals surface area contributed by atoms with Gasteiger partial charge in [0.15, 0.2) is 11.6 Å². The number of aromatic nitrogens is 6. The molecule has 0 spiro atoms. The van der Waals surface area contributed by atoms with Crippen LogP contribution in [0.25, 0.3) is 11.4 Å². The average molecular weight is 386 g/mol. The number of rotatable bonds is 6. The van der Waals surface area contributed by atoms with Crippen LogP contribution in [0.3, 0.4) is 0 Å². The van der Waals surface area contributed by atoms with Crippen LogP contribution in [0.4, 0.5) is 0 Å². The minimum Gasteiger partial charge on any atom is -0.294 e. The highest BCUT2D eigenvalue weighted by molar-refractivity contribution is 6.13. The van der Waals surface area contributed by atoms with Crippen LogP contribution in [0.5, 0.6) is 0 Å². The average Bonchev–Trinajstić information content (AvgIpc) is 3.42. The molecule has 0 saturated carbocycles. The number of benzene rings is 1. The summed E-state index contributed by atoms with van der Waals surface area (Å²) in [6.45, 7) is 3.61. The Bertz CT molecular complexity index is 1180. The van der Waals surface area contributed by atoms with Crippen molar-refractivity contribution in [3.63, 3.8) is 0 Å². The van der Waals surface area contributed by atoms with Crippen LogP contribution in [-0.2, 0) is 0 Å². The lowest BCUT2D eigenvalue weighted by Crippen LogP contribution is -2.15. The maximum Gasteiger partial charge on any atom is 0.207 e. The molecule has 0 bridgehead atoms. The lowest BCUT2D eigenvalue weighted by atomic mass is 9.98. The molecule has 144 valence electrons. The van der Waals surface area contributed by atoms with Crippen molar-refractivity contribution in [1.29, 1.82) is 0 Å². The van der Waals surface area contributed by atoms with Gasteiger partial charge in [-0.25, -0.2) is 19.3 Å². The van der Waals surface area contributed by atoms with E-state index in [1.165, 1.54) is 6.20 Å². The highest BCUT2D eigenvalue weighted by atomic mass is 16.1. The van der Waals surface area contributed by atoms with Crippen molar-refractivity contribution >= 4 is 11.6 Å². The summed E-state index contributed by atoms with van der Waals surface area (Å²) in [6.07, 6.45) is 8.12. The molecule has 3 heterocycles. The molecule has 1 aromatic carbocycles. The zero-order valence-corrected chi connectivity index (χ0v) is 16.0. The predicted octanol–water partition coefficient (Wildman–Crippen LogP) is 2.92. The van der Waals surface area contributed by atoms with Crippen LogP contribution in [0, 0.1) is 13.8 Å². The number of hydrogen-bond donors (Lipinski definition) is 0. The number of carbonyl (C=O) groups is 2. The molecule has 4 aromatic rings. The summed E-state index contributed by atoms with van der Waals surface area (Å²) in [5, 5.41) is 8.52. The van der Waals surface area contributed by atoms with Gasteiger partial charge < -0.3 is 0 Å². The first kappa shape index (κ1) is 18.4. The molecule has 0 N–H and O–H groups in total. The second kappa shape index (κ2) is 7.59. The van der Waals surface area contributed by atoms with E-state index in [0.717, 1.165) is 11.3 Å². The first-order valence-electron chi connectivity index (χ1n) is 9.03. The van der Waals surface area contributed by atoms with E-state index in [9.17, 15) is 9.59 Å². The molecule has 3 aromatic heterocycles. The van der Waals surface area contributed by atoms with Gasteiger partial charge >= 0.3 is 0 Å². The molecule has 4 rings (SSSR count). The second-order valence-electron chi connectivity index (χ2n) is 6.58. The molecule has 0 amide bonds. The molecule has 0 radical (unpaired) electrons. The van der Waals surface area contributed by atoms with E-state index in [2.05, 4.69) is 20.2 Å². The molecule has 29 heavy (non-hydrogen) atoms. The normalized spacial score (nSPS) is 10.8. The fraction of sp³-hybridized carbons (Fsp3) is 0.143. The lowest BCUT2D eigenvalue weighted by molar-refractivity contribution is 0.0888. The maximum absolute atomic E-state index is 13.0. The summed E-state index contributed by atoms with van der Waals surface area (Å²) in [5.74, 6) is -0.671. The summed E-state index contributed by atoms with van der Waals surface area (Å²) in [6, 6.07) is 8.94. The standard InChI is InChI=1S/C21H18N6O2/c1-14-5-8-22-21(25-14)20(29)13-19(28)17-11-16(26-9-3-6-23-26)12-18(15(17)2)27-10-4-7-24-27/h3-12H,13H2,1-2H3. The number of ketones is 2. The Labute approximate surface area is 166 Å². The molecular formula is C21H18N6O2. The molecule has 0 aliphatic carbocycles. The van der Waals surface area contributed by atoms with E-state index >= 15 is 0 Å². The van der Waals surface area contributed by atoms with Gasteiger partial charge in [0.05, 0.1) is 17.8 Å². The van der Waals surface area contributed by atoms with Crippen molar-refractivity contribution in [3.8, 4) is 11.4 Å². The van der Waals surface area contributed by atoms with E-state index in [-0.39, 0.29) is 18.0 Å². The van der Waals surface area contributed by atoms with Crippen molar-refractivity contribution in [2.45, 2.75) is 20.3 Å². The van der Waals surface area contributed by atoms with Gasteiger partial charge in [0.2, 0.25) is 5.78 Å². The summed E-state index contributed by atoms with van der Waals surface area (Å²) >= 11 is 0. The molecule has 0 saturated heterocycles. The lowest BCUT2D eigenvalue weighted by Gasteiger charge is -2.14. The van der Waals surface area contributed by atoms with Gasteiger partial charge in [0.1, 0.15) is 0 Å². The van der Waals surface area contributed by atoms with Gasteiger partial charge in [-0.1, -0.05) is 0 Å². The van der Waals surface area contributed by atoms with Crippen molar-refractivity contribution in [2.75, 3.05) is 0 Å². The van der Waals surface area contributed by atoms with E-state index in [0.29, 0.717) is 16.9 Å². The van der Waals surface area contributed by atoms with Gasteiger partial charge in [-0.2, -0.15) is 10.2 Å². The van der Waals surface area contributed by atoms with Crippen LogP contribution in [-0.4, -0.2) is 41.1 Å². The maximum atomic E-state index is 13.0. The van der Waals surface area contributed by atoms with Crippen molar-refractivity contribution in [3.05, 3.63) is 84.0 Å². The third-order valence-electron chi connectivity index (χ3n) is 4.55. The zero-order chi connectivity index (χ0) is 20.4. The molecule has 8 heteroatoms. The van der Waals surface area contributed by atoms with Crippen LogP contribution in [0.2, 0.25) is 0 Å². The summed E-state index contributed by atoms with van der Waals surface area (Å²) in [4.78, 5) is 33.7. The van der Waals surface area contributed by atoms with Gasteiger partial charge in [0, 0.05) is 42.2 Å². The Hall–Kier alpha value is -3.94. The van der Waals surface area contributed by atoms with Crippen molar-refractivity contribution in [2.24, 2.45) is 0 Å². The van der Waals surface area contributed by atoms with E-state index in [1.807, 2.05) is 13.0 Å². The Morgan fingerprint density at radius 1 is 0.931 bits per heavy atom. The topological polar surface area (TPSA) is 95.6 Å². The molecule has 0 aliphatic heterocycles. The van der Waals surface area contributed by atoms with Gasteiger partial charge in [-0.3, -0.25) is 9.59 Å². The van der Waals surface area contributed by atoms with Crippen molar-refractivity contribution in [1.82, 2.24) is 29.5 Å². The molecule has 0 atom stereocenters. The number of carbonyl (C=O) groups excluding carboxylic acids is 2. The highest BCUT2D eigenvalue weighted by Crippen LogP contribution is 2.24. The molecule has 0 unspecified atom stereocenters. The minimum atomic E-state index is -0.414. The van der Waals surface area contributed by atoms with Crippen LogP contribution in [0.15, 0.2) is 61.3 Å². The minimum absolute atomic E-state index is 0.0477. The van der Waals surface area contributed by atoms with Gasteiger partial charge in [0.25, 0.3) is 0 Å². The van der Waals surface area contributed by atoms with Gasteiger partial charge in [-0.15, -0.1) is 0 Å². The largest absolute Gasteiger partial charge is 0.294 e. The first-order chi connectivity index (χ1) is 14.0. The van der Waals surface area contributed by atoms with E-state index < -0.39 is 5.78 Å². The van der Waals surface area contributed by atoms with Crippen molar-refractivity contribution < 1.29 is 9.59 Å². The van der Waals surface area contributed by atoms with Gasteiger partial charge in [-0.05, 0) is 49.7 Å². The monoisotopic (exact) mass is 386 g/mol. The molecule has 0 fully saturated rings. The first-order valence-corrected chi connectivity index (χ1v) is 9.03. The SMILES string of the molecule is Cc1ccnc(C(=O)CC(=O)c2cc(-n3cccn3)cc(-n3cccn3)c2C)n1. The third-order valence-corrected chi connectivity index (χ3v) is 4.55. The Morgan fingerprint density at radius 3 is 2.31 bits per heavy atom. The Kier molecular flexibility index (Phi) is 4.82. The van der Waals surface area contributed by atoms with Crippen LogP contribution < -0.4 is 0 Å².